The molecule has 6 heteroatoms. The lowest BCUT2D eigenvalue weighted by atomic mass is 10.2. The predicted molar refractivity (Wildman–Crippen MR) is 78.9 cm³/mol. The highest BCUT2D eigenvalue weighted by atomic mass is 32.2. The third-order valence-corrected chi connectivity index (χ3v) is 4.18. The van der Waals surface area contributed by atoms with Gasteiger partial charge in [0.05, 0.1) is 5.69 Å². The van der Waals surface area contributed by atoms with Crippen LogP contribution in [-0.4, -0.2) is 19.9 Å². The molecule has 2 N–H and O–H groups in total. The van der Waals surface area contributed by atoms with Gasteiger partial charge in [0, 0.05) is 25.5 Å². The van der Waals surface area contributed by atoms with Crippen LogP contribution in [0.3, 0.4) is 0 Å². The van der Waals surface area contributed by atoms with Gasteiger partial charge in [0.1, 0.15) is 4.90 Å². The topological polar surface area (TPSA) is 71.1 Å². The molecule has 0 saturated carbocycles. The van der Waals surface area contributed by atoms with E-state index >= 15 is 0 Å². The maximum Gasteiger partial charge on any atom is 0.244 e. The van der Waals surface area contributed by atoms with E-state index in [2.05, 4.69) is 15.0 Å². The first-order valence-electron chi connectivity index (χ1n) is 6.35. The lowest BCUT2D eigenvalue weighted by molar-refractivity contribution is 0.581. The molecule has 0 atom stereocenters. The second-order valence-electron chi connectivity index (χ2n) is 4.21. The Labute approximate surface area is 119 Å². The van der Waals surface area contributed by atoms with Crippen LogP contribution < -0.4 is 10.0 Å². The molecule has 0 saturated heterocycles. The maximum absolute atomic E-state index is 12.3. The predicted octanol–water partition coefficient (Wildman–Crippen LogP) is 1.99. The second kappa shape index (κ2) is 6.49. The van der Waals surface area contributed by atoms with Crippen LogP contribution in [0.2, 0.25) is 0 Å². The molecule has 0 amide bonds. The molecule has 1 heterocycles. The van der Waals surface area contributed by atoms with Gasteiger partial charge in [-0.1, -0.05) is 30.3 Å². The summed E-state index contributed by atoms with van der Waals surface area (Å²) >= 11 is 0. The fourth-order valence-corrected chi connectivity index (χ4v) is 2.92. The van der Waals surface area contributed by atoms with Gasteiger partial charge in [-0.25, -0.2) is 13.1 Å². The molecule has 5 nitrogen and oxygen atoms in total. The van der Waals surface area contributed by atoms with E-state index in [1.54, 1.807) is 12.3 Å². The number of sulfonamides is 1. The number of anilines is 1. The van der Waals surface area contributed by atoms with Crippen LogP contribution in [0.15, 0.2) is 53.7 Å². The van der Waals surface area contributed by atoms with Crippen LogP contribution >= 0.6 is 0 Å². The summed E-state index contributed by atoms with van der Waals surface area (Å²) in [6.45, 7) is 2.81. The van der Waals surface area contributed by atoms with E-state index in [1.807, 2.05) is 37.3 Å². The zero-order valence-corrected chi connectivity index (χ0v) is 12.0. The molecular weight excluding hydrogens is 274 g/mol. The Bertz CT molecular complexity index is 657. The Morgan fingerprint density at radius 2 is 1.90 bits per heavy atom. The largest absolute Gasteiger partial charge is 0.384 e. The Hall–Kier alpha value is -1.92. The molecule has 1 aromatic heterocycles. The number of nitrogens with zero attached hydrogens (tertiary/aromatic N) is 1. The van der Waals surface area contributed by atoms with Gasteiger partial charge < -0.3 is 5.32 Å². The highest BCUT2D eigenvalue weighted by Gasteiger charge is 2.18. The molecule has 106 valence electrons. The van der Waals surface area contributed by atoms with Crippen molar-refractivity contribution >= 4 is 15.7 Å². The van der Waals surface area contributed by atoms with E-state index in [-0.39, 0.29) is 11.4 Å². The van der Waals surface area contributed by atoms with Gasteiger partial charge in [-0.15, -0.1) is 0 Å². The summed E-state index contributed by atoms with van der Waals surface area (Å²) < 4.78 is 27.2. The van der Waals surface area contributed by atoms with Crippen molar-refractivity contribution in [2.75, 3.05) is 11.9 Å². The number of aromatic nitrogens is 1. The molecule has 20 heavy (non-hydrogen) atoms. The van der Waals surface area contributed by atoms with Crippen molar-refractivity contribution in [3.05, 3.63) is 54.4 Å². The van der Waals surface area contributed by atoms with Crippen molar-refractivity contribution in [3.8, 4) is 0 Å². The van der Waals surface area contributed by atoms with Gasteiger partial charge >= 0.3 is 0 Å². The molecule has 2 aromatic rings. The molecule has 0 unspecified atom stereocenters. The molecule has 0 aliphatic carbocycles. The standard InChI is InChI=1S/C14H17N3O2S/c1-2-16-13-8-9-15-11-14(13)20(18,19)17-10-12-6-4-3-5-7-12/h3-9,11,17H,2,10H2,1H3,(H,15,16). The second-order valence-corrected chi connectivity index (χ2v) is 5.95. The van der Waals surface area contributed by atoms with Crippen molar-refractivity contribution in [2.45, 2.75) is 18.4 Å². The van der Waals surface area contributed by atoms with Gasteiger partial charge in [0.2, 0.25) is 10.0 Å². The Morgan fingerprint density at radius 1 is 1.15 bits per heavy atom. The first-order valence-corrected chi connectivity index (χ1v) is 7.83. The minimum absolute atomic E-state index is 0.165. The fourth-order valence-electron chi connectivity index (χ4n) is 1.78. The van der Waals surface area contributed by atoms with E-state index in [0.717, 1.165) is 5.56 Å². The maximum atomic E-state index is 12.3. The minimum Gasteiger partial charge on any atom is -0.384 e. The van der Waals surface area contributed by atoms with E-state index < -0.39 is 10.0 Å². The summed E-state index contributed by atoms with van der Waals surface area (Å²) in [5.41, 5.74) is 1.47. The molecule has 0 fully saturated rings. The average Bonchev–Trinajstić information content (AvgIpc) is 2.47. The van der Waals surface area contributed by atoms with Crippen LogP contribution in [-0.2, 0) is 16.6 Å². The van der Waals surface area contributed by atoms with Crippen molar-refractivity contribution < 1.29 is 8.42 Å². The van der Waals surface area contributed by atoms with Crippen molar-refractivity contribution in [3.63, 3.8) is 0 Å². The molecular formula is C14H17N3O2S. The molecule has 0 radical (unpaired) electrons. The number of pyridine rings is 1. The zero-order chi connectivity index (χ0) is 14.4. The molecule has 2 rings (SSSR count). The summed E-state index contributed by atoms with van der Waals surface area (Å²) in [6.07, 6.45) is 2.92. The lowest BCUT2D eigenvalue weighted by Gasteiger charge is -2.11. The summed E-state index contributed by atoms with van der Waals surface area (Å²) in [4.78, 5) is 4.05. The van der Waals surface area contributed by atoms with Crippen molar-refractivity contribution in [1.29, 1.82) is 0 Å². The molecule has 1 aromatic carbocycles. The van der Waals surface area contributed by atoms with Gasteiger partial charge in [0.15, 0.2) is 0 Å². The first-order chi connectivity index (χ1) is 9.63. The molecule has 0 bridgehead atoms. The van der Waals surface area contributed by atoms with Crippen LogP contribution in [0, 0.1) is 0 Å². The quantitative estimate of drug-likeness (QED) is 0.854. The number of hydrogen-bond acceptors (Lipinski definition) is 4. The van der Waals surface area contributed by atoms with Crippen LogP contribution in [0.1, 0.15) is 12.5 Å². The molecule has 0 spiro atoms. The van der Waals surface area contributed by atoms with E-state index in [0.29, 0.717) is 12.2 Å². The van der Waals surface area contributed by atoms with Crippen LogP contribution in [0.5, 0.6) is 0 Å². The summed E-state index contributed by atoms with van der Waals surface area (Å²) in [6, 6.07) is 11.0. The third-order valence-electron chi connectivity index (χ3n) is 2.75. The van der Waals surface area contributed by atoms with Crippen molar-refractivity contribution in [2.24, 2.45) is 0 Å². The van der Waals surface area contributed by atoms with E-state index in [4.69, 9.17) is 0 Å². The number of benzene rings is 1. The number of rotatable bonds is 6. The van der Waals surface area contributed by atoms with E-state index in [9.17, 15) is 8.42 Å². The van der Waals surface area contributed by atoms with Gasteiger partial charge in [0.25, 0.3) is 0 Å². The fraction of sp³-hybridized carbons (Fsp3) is 0.214. The zero-order valence-electron chi connectivity index (χ0n) is 11.2. The lowest BCUT2D eigenvalue weighted by Crippen LogP contribution is -2.24. The summed E-state index contributed by atoms with van der Waals surface area (Å²) in [5.74, 6) is 0. The average molecular weight is 291 g/mol. The highest BCUT2D eigenvalue weighted by Crippen LogP contribution is 2.19. The van der Waals surface area contributed by atoms with Crippen LogP contribution in [0.25, 0.3) is 0 Å². The smallest absolute Gasteiger partial charge is 0.244 e. The van der Waals surface area contributed by atoms with Gasteiger partial charge in [-0.2, -0.15) is 0 Å². The molecule has 0 aliphatic rings. The number of nitrogens with one attached hydrogen (secondary N) is 2. The normalized spacial score (nSPS) is 11.2. The van der Waals surface area contributed by atoms with Crippen LogP contribution in [0.4, 0.5) is 5.69 Å². The summed E-state index contributed by atoms with van der Waals surface area (Å²) in [5, 5.41) is 3.02. The minimum atomic E-state index is -3.59. The Morgan fingerprint density at radius 3 is 2.60 bits per heavy atom. The Kier molecular flexibility index (Phi) is 4.70. The number of hydrogen-bond donors (Lipinski definition) is 2. The SMILES string of the molecule is CCNc1ccncc1S(=O)(=O)NCc1ccccc1. The Balaban J connectivity index is 2.18. The first kappa shape index (κ1) is 14.5. The monoisotopic (exact) mass is 291 g/mol. The summed E-state index contributed by atoms with van der Waals surface area (Å²) in [7, 11) is -3.59. The van der Waals surface area contributed by atoms with E-state index in [1.165, 1.54) is 6.20 Å². The van der Waals surface area contributed by atoms with Gasteiger partial charge in [-0.3, -0.25) is 4.98 Å². The van der Waals surface area contributed by atoms with Crippen molar-refractivity contribution in [1.82, 2.24) is 9.71 Å². The highest BCUT2D eigenvalue weighted by molar-refractivity contribution is 7.89. The molecule has 0 aliphatic heterocycles. The van der Waals surface area contributed by atoms with Gasteiger partial charge in [-0.05, 0) is 18.6 Å². The third kappa shape index (κ3) is 3.55.